The molecule has 2 aliphatic rings. The van der Waals surface area contributed by atoms with Gasteiger partial charge in [0.05, 0.1) is 4.90 Å². The van der Waals surface area contributed by atoms with Crippen molar-refractivity contribution in [2.45, 2.75) is 44.0 Å². The molecule has 21 heavy (non-hydrogen) atoms. The maximum absolute atomic E-state index is 12.4. The number of thiophene rings is 1. The van der Waals surface area contributed by atoms with Gasteiger partial charge in [-0.1, -0.05) is 13.3 Å². The predicted octanol–water partition coefficient (Wildman–Crippen LogP) is 2.57. The van der Waals surface area contributed by atoms with E-state index in [4.69, 9.17) is 0 Å². The van der Waals surface area contributed by atoms with Gasteiger partial charge in [-0.3, -0.25) is 0 Å². The van der Waals surface area contributed by atoms with E-state index in [1.54, 1.807) is 11.4 Å². The summed E-state index contributed by atoms with van der Waals surface area (Å²) in [5.41, 5.74) is 0. The van der Waals surface area contributed by atoms with Gasteiger partial charge in [0.2, 0.25) is 10.0 Å². The summed E-state index contributed by atoms with van der Waals surface area (Å²) in [7, 11) is -3.34. The molecule has 0 spiro atoms. The molecule has 2 aliphatic carbocycles. The summed E-state index contributed by atoms with van der Waals surface area (Å²) in [6, 6.07) is 1.79. The van der Waals surface area contributed by atoms with E-state index >= 15 is 0 Å². The average Bonchev–Trinajstić information content (AvgIpc) is 3.18. The Kier molecular flexibility index (Phi) is 4.69. The summed E-state index contributed by atoms with van der Waals surface area (Å²) in [5, 5.41) is 4.97. The van der Waals surface area contributed by atoms with E-state index in [0.717, 1.165) is 29.8 Å². The van der Waals surface area contributed by atoms with Crippen molar-refractivity contribution in [2.24, 2.45) is 17.8 Å². The molecular weight excluding hydrogens is 304 g/mol. The van der Waals surface area contributed by atoms with E-state index in [0.29, 0.717) is 17.4 Å². The van der Waals surface area contributed by atoms with Gasteiger partial charge in [0.25, 0.3) is 0 Å². The van der Waals surface area contributed by atoms with Crippen LogP contribution in [-0.4, -0.2) is 21.5 Å². The van der Waals surface area contributed by atoms with E-state index in [-0.39, 0.29) is 0 Å². The van der Waals surface area contributed by atoms with Crippen LogP contribution in [0.15, 0.2) is 16.3 Å². The van der Waals surface area contributed by atoms with Gasteiger partial charge in [-0.05, 0) is 49.6 Å². The lowest BCUT2D eigenvalue weighted by Gasteiger charge is -2.21. The summed E-state index contributed by atoms with van der Waals surface area (Å²) in [4.78, 5) is 1.49. The van der Waals surface area contributed by atoms with Crippen molar-refractivity contribution in [3.05, 3.63) is 16.3 Å². The largest absolute Gasteiger partial charge is 0.312 e. The highest BCUT2D eigenvalue weighted by molar-refractivity contribution is 7.89. The SMILES string of the molecule is CCNCc1cc(S(=O)(=O)NCC2CC3CCC2C3)cs1. The monoisotopic (exact) mass is 328 g/mol. The molecule has 0 aromatic carbocycles. The normalized spacial score (nSPS) is 28.3. The van der Waals surface area contributed by atoms with Gasteiger partial charge in [0.15, 0.2) is 0 Å². The first-order valence-electron chi connectivity index (χ1n) is 7.86. The molecule has 3 rings (SSSR count). The lowest BCUT2D eigenvalue weighted by atomic mass is 9.89. The van der Waals surface area contributed by atoms with Crippen LogP contribution in [0.2, 0.25) is 0 Å². The lowest BCUT2D eigenvalue weighted by Crippen LogP contribution is -2.31. The molecule has 118 valence electrons. The zero-order valence-electron chi connectivity index (χ0n) is 12.5. The molecule has 3 atom stereocenters. The molecule has 3 unspecified atom stereocenters. The highest BCUT2D eigenvalue weighted by atomic mass is 32.2. The summed E-state index contributed by atoms with van der Waals surface area (Å²) < 4.78 is 27.5. The molecular formula is C15H24N2O2S2. The minimum absolute atomic E-state index is 0.420. The Balaban J connectivity index is 1.57. The van der Waals surface area contributed by atoms with Gasteiger partial charge < -0.3 is 5.32 Å². The van der Waals surface area contributed by atoms with Crippen LogP contribution in [0.1, 0.15) is 37.5 Å². The molecule has 2 fully saturated rings. The van der Waals surface area contributed by atoms with Crippen molar-refractivity contribution in [1.29, 1.82) is 0 Å². The van der Waals surface area contributed by atoms with Crippen LogP contribution in [0.3, 0.4) is 0 Å². The van der Waals surface area contributed by atoms with Gasteiger partial charge in [0.1, 0.15) is 0 Å². The molecule has 0 aliphatic heterocycles. The molecule has 0 amide bonds. The van der Waals surface area contributed by atoms with Crippen molar-refractivity contribution in [1.82, 2.24) is 10.0 Å². The molecule has 6 heteroatoms. The average molecular weight is 329 g/mol. The first-order valence-corrected chi connectivity index (χ1v) is 10.2. The van der Waals surface area contributed by atoms with Gasteiger partial charge in [-0.25, -0.2) is 13.1 Å². The molecule has 0 saturated heterocycles. The summed E-state index contributed by atoms with van der Waals surface area (Å²) >= 11 is 1.50. The third-order valence-electron chi connectivity index (χ3n) is 4.91. The second kappa shape index (κ2) is 6.36. The van der Waals surface area contributed by atoms with Gasteiger partial charge in [0, 0.05) is 23.3 Å². The van der Waals surface area contributed by atoms with Crippen LogP contribution in [0, 0.1) is 17.8 Å². The summed E-state index contributed by atoms with van der Waals surface area (Å²) in [6.07, 6.45) is 5.18. The van der Waals surface area contributed by atoms with Crippen LogP contribution >= 0.6 is 11.3 Å². The molecule has 2 saturated carbocycles. The molecule has 1 aromatic heterocycles. The van der Waals surface area contributed by atoms with Crippen LogP contribution in [0.4, 0.5) is 0 Å². The number of hydrogen-bond donors (Lipinski definition) is 2. The minimum atomic E-state index is -3.34. The molecule has 0 radical (unpaired) electrons. The number of rotatable bonds is 7. The fraction of sp³-hybridized carbons (Fsp3) is 0.733. The van der Waals surface area contributed by atoms with Crippen LogP contribution in [0.25, 0.3) is 0 Å². The van der Waals surface area contributed by atoms with E-state index in [1.807, 2.05) is 6.92 Å². The standard InChI is InChI=1S/C15H24N2O2S2/c1-2-16-9-14-7-15(10-20-14)21(18,19)17-8-13-6-11-3-4-12(13)5-11/h7,10-13,16-17H,2-6,8-9H2,1H3. The van der Waals surface area contributed by atoms with Crippen molar-refractivity contribution in [3.8, 4) is 0 Å². The van der Waals surface area contributed by atoms with Gasteiger partial charge in [-0.15, -0.1) is 11.3 Å². The first-order chi connectivity index (χ1) is 10.1. The maximum Gasteiger partial charge on any atom is 0.241 e. The Hall–Kier alpha value is -0.430. The number of fused-ring (bicyclic) bond motifs is 2. The Labute approximate surface area is 131 Å². The molecule has 1 aromatic rings. The highest BCUT2D eigenvalue weighted by Crippen LogP contribution is 2.48. The van der Waals surface area contributed by atoms with Crippen molar-refractivity contribution in [2.75, 3.05) is 13.1 Å². The van der Waals surface area contributed by atoms with E-state index in [2.05, 4.69) is 10.0 Å². The number of sulfonamides is 1. The fourth-order valence-corrected chi connectivity index (χ4v) is 6.11. The molecule has 4 nitrogen and oxygen atoms in total. The van der Waals surface area contributed by atoms with Crippen molar-refractivity contribution in [3.63, 3.8) is 0 Å². The maximum atomic E-state index is 12.4. The van der Waals surface area contributed by atoms with E-state index < -0.39 is 10.0 Å². The Morgan fingerprint density at radius 3 is 2.86 bits per heavy atom. The van der Waals surface area contributed by atoms with Gasteiger partial charge >= 0.3 is 0 Å². The highest BCUT2D eigenvalue weighted by Gasteiger charge is 2.39. The zero-order chi connectivity index (χ0) is 14.9. The lowest BCUT2D eigenvalue weighted by molar-refractivity contribution is 0.333. The van der Waals surface area contributed by atoms with E-state index in [1.165, 1.54) is 37.0 Å². The minimum Gasteiger partial charge on any atom is -0.312 e. The summed E-state index contributed by atoms with van der Waals surface area (Å²) in [5.74, 6) is 2.17. The van der Waals surface area contributed by atoms with Crippen LogP contribution in [-0.2, 0) is 16.6 Å². The Bertz CT molecular complexity index is 582. The third kappa shape index (κ3) is 3.50. The second-order valence-electron chi connectivity index (χ2n) is 6.32. The number of hydrogen-bond acceptors (Lipinski definition) is 4. The van der Waals surface area contributed by atoms with Crippen LogP contribution in [0.5, 0.6) is 0 Å². The predicted molar refractivity (Wildman–Crippen MR) is 85.8 cm³/mol. The van der Waals surface area contributed by atoms with Gasteiger partial charge in [-0.2, -0.15) is 0 Å². The van der Waals surface area contributed by atoms with Crippen LogP contribution < -0.4 is 10.0 Å². The molecule has 2 N–H and O–H groups in total. The van der Waals surface area contributed by atoms with Crippen molar-refractivity contribution < 1.29 is 8.42 Å². The van der Waals surface area contributed by atoms with E-state index in [9.17, 15) is 8.42 Å². The number of nitrogens with one attached hydrogen (secondary N) is 2. The Morgan fingerprint density at radius 1 is 1.33 bits per heavy atom. The molecule has 1 heterocycles. The Morgan fingerprint density at radius 2 is 2.19 bits per heavy atom. The smallest absolute Gasteiger partial charge is 0.241 e. The zero-order valence-corrected chi connectivity index (χ0v) is 14.1. The summed E-state index contributed by atoms with van der Waals surface area (Å²) in [6.45, 7) is 4.29. The fourth-order valence-electron chi connectivity index (χ4n) is 3.77. The third-order valence-corrected chi connectivity index (χ3v) is 7.40. The first kappa shape index (κ1) is 15.5. The molecule has 2 bridgehead atoms. The second-order valence-corrected chi connectivity index (χ2v) is 9.08. The topological polar surface area (TPSA) is 58.2 Å². The van der Waals surface area contributed by atoms with Crippen molar-refractivity contribution >= 4 is 21.4 Å². The quantitative estimate of drug-likeness (QED) is 0.809.